The minimum Gasteiger partial charge on any atom is -0.396 e. The van der Waals surface area contributed by atoms with E-state index >= 15 is 0 Å². The lowest BCUT2D eigenvalue weighted by atomic mass is 9.77. The van der Waals surface area contributed by atoms with Crippen LogP contribution in [0.1, 0.15) is 54.4 Å². The molecule has 0 bridgehead atoms. The summed E-state index contributed by atoms with van der Waals surface area (Å²) in [6, 6.07) is 0. The van der Waals surface area contributed by atoms with Crippen LogP contribution >= 0.6 is 12.6 Å². The molecule has 0 aromatic heterocycles. The van der Waals surface area contributed by atoms with E-state index in [4.69, 9.17) is 9.84 Å². The van der Waals surface area contributed by atoms with Crippen LogP contribution in [0, 0.1) is 5.41 Å². The van der Waals surface area contributed by atoms with E-state index in [2.05, 4.69) is 17.9 Å². The number of rotatable bonds is 8. The maximum absolute atomic E-state index is 11.9. The fourth-order valence-corrected chi connectivity index (χ4v) is 1.41. The molecule has 2 N–H and O–H groups in total. The maximum Gasteiger partial charge on any atom is 0.222 e. The van der Waals surface area contributed by atoms with Gasteiger partial charge < -0.3 is 15.2 Å². The van der Waals surface area contributed by atoms with Crippen molar-refractivity contribution in [1.29, 1.82) is 0 Å². The van der Waals surface area contributed by atoms with Gasteiger partial charge in [0, 0.05) is 17.8 Å². The van der Waals surface area contributed by atoms with Gasteiger partial charge in [-0.2, -0.15) is 12.6 Å². The van der Waals surface area contributed by atoms with Crippen LogP contribution < -0.4 is 5.32 Å². The first kappa shape index (κ1) is 18.7. The van der Waals surface area contributed by atoms with E-state index < -0.39 is 5.60 Å². The largest absolute Gasteiger partial charge is 0.396 e. The second kappa shape index (κ2) is 6.95. The Labute approximate surface area is 122 Å². The van der Waals surface area contributed by atoms with E-state index in [-0.39, 0.29) is 29.4 Å². The Bertz CT molecular complexity index is 296. The standard InChI is InChI=1S/C14H29NO3S/c1-12(2,14(5,6)19)9-11(17)15-10-18-13(3,4)7-8-16/h16,19H,7-10H2,1-6H3,(H,15,17). The molecule has 0 atom stereocenters. The normalized spacial score (nSPS) is 13.5. The van der Waals surface area contributed by atoms with Gasteiger partial charge in [-0.3, -0.25) is 4.79 Å². The monoisotopic (exact) mass is 291 g/mol. The van der Waals surface area contributed by atoms with E-state index in [0.29, 0.717) is 12.8 Å². The van der Waals surface area contributed by atoms with Gasteiger partial charge >= 0.3 is 0 Å². The van der Waals surface area contributed by atoms with Gasteiger partial charge in [0.05, 0.1) is 5.60 Å². The fourth-order valence-electron chi connectivity index (χ4n) is 1.33. The first-order valence-corrected chi connectivity index (χ1v) is 7.10. The second-order valence-corrected chi connectivity index (χ2v) is 7.86. The summed E-state index contributed by atoms with van der Waals surface area (Å²) in [6.07, 6.45) is 0.936. The lowest BCUT2D eigenvalue weighted by Crippen LogP contribution is -2.40. The predicted octanol–water partition coefficient (Wildman–Crippen LogP) is 2.36. The molecule has 0 aromatic carbocycles. The summed E-state index contributed by atoms with van der Waals surface area (Å²) in [5, 5.41) is 11.6. The molecule has 0 saturated heterocycles. The fraction of sp³-hybridized carbons (Fsp3) is 0.929. The molecule has 0 radical (unpaired) electrons. The number of nitrogens with one attached hydrogen (secondary N) is 1. The highest BCUT2D eigenvalue weighted by molar-refractivity contribution is 7.81. The molecule has 114 valence electrons. The van der Waals surface area contributed by atoms with E-state index in [1.54, 1.807) is 0 Å². The third-order valence-electron chi connectivity index (χ3n) is 3.70. The van der Waals surface area contributed by atoms with Gasteiger partial charge in [-0.15, -0.1) is 0 Å². The minimum atomic E-state index is -0.430. The van der Waals surface area contributed by atoms with Crippen molar-refractivity contribution in [3.8, 4) is 0 Å². The van der Waals surface area contributed by atoms with E-state index in [0.717, 1.165) is 0 Å². The van der Waals surface area contributed by atoms with Gasteiger partial charge in [0.2, 0.25) is 5.91 Å². The number of aliphatic hydroxyl groups excluding tert-OH is 1. The Balaban J connectivity index is 4.15. The smallest absolute Gasteiger partial charge is 0.222 e. The first-order chi connectivity index (χ1) is 8.41. The van der Waals surface area contributed by atoms with Crippen molar-refractivity contribution in [2.75, 3.05) is 13.3 Å². The molecule has 0 aliphatic rings. The van der Waals surface area contributed by atoms with Crippen LogP contribution in [-0.4, -0.2) is 34.7 Å². The van der Waals surface area contributed by atoms with Crippen LogP contribution in [0.4, 0.5) is 0 Å². The number of hydrogen-bond acceptors (Lipinski definition) is 4. The van der Waals surface area contributed by atoms with Crippen molar-refractivity contribution in [1.82, 2.24) is 5.32 Å². The molecule has 4 nitrogen and oxygen atoms in total. The summed E-state index contributed by atoms with van der Waals surface area (Å²) in [4.78, 5) is 11.9. The van der Waals surface area contributed by atoms with Crippen molar-refractivity contribution in [2.24, 2.45) is 5.41 Å². The van der Waals surface area contributed by atoms with Gasteiger partial charge in [0.15, 0.2) is 0 Å². The van der Waals surface area contributed by atoms with Crippen molar-refractivity contribution in [2.45, 2.75) is 64.7 Å². The van der Waals surface area contributed by atoms with Crippen LogP contribution in [0.25, 0.3) is 0 Å². The van der Waals surface area contributed by atoms with Gasteiger partial charge in [-0.1, -0.05) is 27.7 Å². The molecule has 0 aliphatic heterocycles. The lowest BCUT2D eigenvalue weighted by Gasteiger charge is -2.37. The van der Waals surface area contributed by atoms with Crippen molar-refractivity contribution in [3.63, 3.8) is 0 Å². The highest BCUT2D eigenvalue weighted by atomic mass is 32.1. The summed E-state index contributed by atoms with van der Waals surface area (Å²) >= 11 is 4.54. The molecule has 0 rings (SSSR count). The number of hydrogen-bond donors (Lipinski definition) is 3. The molecule has 0 aliphatic carbocycles. The molecule has 0 aromatic rings. The van der Waals surface area contributed by atoms with Crippen LogP contribution in [0.2, 0.25) is 0 Å². The van der Waals surface area contributed by atoms with Gasteiger partial charge in [-0.05, 0) is 25.7 Å². The third-order valence-corrected chi connectivity index (χ3v) is 4.31. The summed E-state index contributed by atoms with van der Waals surface area (Å²) in [7, 11) is 0. The molecule has 0 fully saturated rings. The lowest BCUT2D eigenvalue weighted by molar-refractivity contribution is -0.127. The molecular weight excluding hydrogens is 262 g/mol. The number of ether oxygens (including phenoxy) is 1. The number of aliphatic hydroxyl groups is 1. The van der Waals surface area contributed by atoms with Gasteiger partial charge in [0.1, 0.15) is 6.73 Å². The quantitative estimate of drug-likeness (QED) is 0.475. The van der Waals surface area contributed by atoms with E-state index in [1.807, 2.05) is 41.5 Å². The Morgan fingerprint density at radius 2 is 1.74 bits per heavy atom. The van der Waals surface area contributed by atoms with Crippen LogP contribution in [-0.2, 0) is 9.53 Å². The average molecular weight is 291 g/mol. The van der Waals surface area contributed by atoms with Crippen LogP contribution in [0.15, 0.2) is 0 Å². The molecule has 0 unspecified atom stereocenters. The summed E-state index contributed by atoms with van der Waals surface area (Å²) in [6.45, 7) is 12.1. The van der Waals surface area contributed by atoms with E-state index in [9.17, 15) is 4.79 Å². The number of amides is 1. The summed E-state index contributed by atoms with van der Waals surface area (Å²) in [5.41, 5.74) is -0.638. The van der Waals surface area contributed by atoms with E-state index in [1.165, 1.54) is 0 Å². The Kier molecular flexibility index (Phi) is 6.86. The zero-order valence-corrected chi connectivity index (χ0v) is 13.9. The number of carbonyl (C=O) groups excluding carboxylic acids is 1. The SMILES string of the molecule is CC(C)(CCO)OCNC(=O)CC(C)(C)C(C)(C)S. The third kappa shape index (κ3) is 7.18. The molecule has 19 heavy (non-hydrogen) atoms. The molecular formula is C14H29NO3S. The van der Waals surface area contributed by atoms with Crippen LogP contribution in [0.5, 0.6) is 0 Å². The number of thiol groups is 1. The topological polar surface area (TPSA) is 58.6 Å². The molecule has 5 heteroatoms. The average Bonchev–Trinajstić information content (AvgIpc) is 2.13. The van der Waals surface area contributed by atoms with Gasteiger partial charge in [-0.25, -0.2) is 0 Å². The Morgan fingerprint density at radius 3 is 2.16 bits per heavy atom. The summed E-state index contributed by atoms with van der Waals surface area (Å²) < 4.78 is 5.29. The highest BCUT2D eigenvalue weighted by Gasteiger charge is 2.35. The van der Waals surface area contributed by atoms with Crippen molar-refractivity contribution < 1.29 is 14.6 Å². The van der Waals surface area contributed by atoms with Gasteiger partial charge in [0.25, 0.3) is 0 Å². The second-order valence-electron chi connectivity index (χ2n) is 6.74. The zero-order valence-electron chi connectivity index (χ0n) is 13.0. The highest BCUT2D eigenvalue weighted by Crippen LogP contribution is 2.38. The minimum absolute atomic E-state index is 0.0491. The Hall–Kier alpha value is -0.260. The molecule has 1 amide bonds. The summed E-state index contributed by atoms with van der Waals surface area (Å²) in [5.74, 6) is -0.0491. The number of carbonyl (C=O) groups is 1. The maximum atomic E-state index is 11.9. The predicted molar refractivity (Wildman–Crippen MR) is 81.3 cm³/mol. The molecule has 0 saturated carbocycles. The zero-order chi connectivity index (χ0) is 15.3. The molecule has 0 spiro atoms. The molecule has 0 heterocycles. The van der Waals surface area contributed by atoms with Crippen molar-refractivity contribution in [3.05, 3.63) is 0 Å². The Morgan fingerprint density at radius 1 is 1.21 bits per heavy atom. The van der Waals surface area contributed by atoms with Crippen molar-refractivity contribution >= 4 is 18.5 Å². The first-order valence-electron chi connectivity index (χ1n) is 6.65. The van der Waals surface area contributed by atoms with Crippen LogP contribution in [0.3, 0.4) is 0 Å².